The van der Waals surface area contributed by atoms with E-state index < -0.39 is 22.7 Å². The Morgan fingerprint density at radius 2 is 1.69 bits per heavy atom. The fourth-order valence-electron chi connectivity index (χ4n) is 3.35. The first-order valence-electron chi connectivity index (χ1n) is 10.6. The van der Waals surface area contributed by atoms with Crippen LogP contribution >= 0.6 is 11.6 Å². The van der Waals surface area contributed by atoms with E-state index >= 15 is 0 Å². The number of amides is 1. The third-order valence-electron chi connectivity index (χ3n) is 5.28. The lowest BCUT2D eigenvalue weighted by atomic mass is 10.1. The molecular weight excluding hydrogens is 477 g/mol. The summed E-state index contributed by atoms with van der Waals surface area (Å²) in [5.41, 5.74) is 3.44. The minimum absolute atomic E-state index is 0.0176. The standard InChI is InChI=1S/C26H20ClF3N4O/c1-15-3-6-17(7-4-15)22-11-12-31-25(33-22)34-23-13-18(8-5-16(23)2)24(35)32-19-9-10-21(27)20(14-19)26(28,29)30/h3-14H,1-2H3,(H,32,35)(H,31,33,34). The molecule has 0 saturated carbocycles. The fraction of sp³-hybridized carbons (Fsp3) is 0.115. The van der Waals surface area contributed by atoms with E-state index in [1.54, 1.807) is 30.5 Å². The second-order valence-corrected chi connectivity index (χ2v) is 8.34. The van der Waals surface area contributed by atoms with Crippen LogP contribution in [0.4, 0.5) is 30.5 Å². The van der Waals surface area contributed by atoms with Crippen molar-refractivity contribution in [3.05, 3.63) is 100 Å². The van der Waals surface area contributed by atoms with E-state index in [0.717, 1.165) is 34.5 Å². The molecule has 2 N–H and O–H groups in total. The van der Waals surface area contributed by atoms with Crippen LogP contribution in [0.3, 0.4) is 0 Å². The maximum absolute atomic E-state index is 13.1. The Kier molecular flexibility index (Phi) is 6.75. The van der Waals surface area contributed by atoms with Crippen molar-refractivity contribution in [1.82, 2.24) is 9.97 Å². The van der Waals surface area contributed by atoms with Crippen molar-refractivity contribution < 1.29 is 18.0 Å². The number of carbonyl (C=O) groups is 1. The van der Waals surface area contributed by atoms with Crippen molar-refractivity contribution >= 4 is 34.8 Å². The van der Waals surface area contributed by atoms with Crippen LogP contribution in [0, 0.1) is 13.8 Å². The zero-order valence-corrected chi connectivity index (χ0v) is 19.5. The molecular formula is C26H20ClF3N4O. The molecule has 5 nitrogen and oxygen atoms in total. The van der Waals surface area contributed by atoms with E-state index in [1.165, 1.54) is 6.07 Å². The van der Waals surface area contributed by atoms with Crippen LogP contribution in [0.5, 0.6) is 0 Å². The maximum atomic E-state index is 13.1. The molecule has 35 heavy (non-hydrogen) atoms. The van der Waals surface area contributed by atoms with Crippen molar-refractivity contribution in [3.63, 3.8) is 0 Å². The van der Waals surface area contributed by atoms with Crippen LogP contribution in [0.15, 0.2) is 72.9 Å². The van der Waals surface area contributed by atoms with Gasteiger partial charge in [-0.3, -0.25) is 4.79 Å². The number of rotatable bonds is 5. The summed E-state index contributed by atoms with van der Waals surface area (Å²) in [6.07, 6.45) is -3.00. The van der Waals surface area contributed by atoms with E-state index in [0.29, 0.717) is 11.6 Å². The molecule has 1 heterocycles. The molecule has 178 valence electrons. The van der Waals surface area contributed by atoms with Crippen molar-refractivity contribution in [2.45, 2.75) is 20.0 Å². The van der Waals surface area contributed by atoms with E-state index in [1.807, 2.05) is 38.1 Å². The third-order valence-corrected chi connectivity index (χ3v) is 5.61. The summed E-state index contributed by atoms with van der Waals surface area (Å²) in [6.45, 7) is 3.85. The maximum Gasteiger partial charge on any atom is 0.417 e. The molecule has 4 aromatic rings. The summed E-state index contributed by atoms with van der Waals surface area (Å²) in [4.78, 5) is 21.6. The monoisotopic (exact) mass is 496 g/mol. The molecule has 3 aromatic carbocycles. The number of anilines is 3. The molecule has 0 aliphatic carbocycles. The van der Waals surface area contributed by atoms with Gasteiger partial charge in [0.1, 0.15) is 0 Å². The fourth-order valence-corrected chi connectivity index (χ4v) is 3.57. The quantitative estimate of drug-likeness (QED) is 0.301. The summed E-state index contributed by atoms with van der Waals surface area (Å²) in [7, 11) is 0. The second kappa shape index (κ2) is 9.76. The van der Waals surface area contributed by atoms with E-state index in [9.17, 15) is 18.0 Å². The van der Waals surface area contributed by atoms with Crippen LogP contribution in [0.25, 0.3) is 11.3 Å². The molecule has 0 spiro atoms. The number of benzene rings is 3. The Hall–Kier alpha value is -3.91. The minimum atomic E-state index is -4.63. The van der Waals surface area contributed by atoms with E-state index in [4.69, 9.17) is 11.6 Å². The first-order chi connectivity index (χ1) is 16.6. The molecule has 1 amide bonds. The van der Waals surface area contributed by atoms with Crippen LogP contribution in [0.2, 0.25) is 5.02 Å². The third kappa shape index (κ3) is 5.78. The van der Waals surface area contributed by atoms with Crippen molar-refractivity contribution in [3.8, 4) is 11.3 Å². The van der Waals surface area contributed by atoms with Crippen LogP contribution < -0.4 is 10.6 Å². The number of nitrogens with one attached hydrogen (secondary N) is 2. The van der Waals surface area contributed by atoms with Gasteiger partial charge in [-0.05, 0) is 55.8 Å². The Bertz CT molecular complexity index is 1390. The van der Waals surface area contributed by atoms with Gasteiger partial charge in [0.15, 0.2) is 0 Å². The lowest BCUT2D eigenvalue weighted by molar-refractivity contribution is -0.137. The van der Waals surface area contributed by atoms with Gasteiger partial charge in [0.25, 0.3) is 5.91 Å². The topological polar surface area (TPSA) is 66.9 Å². The minimum Gasteiger partial charge on any atom is -0.324 e. The molecule has 0 fully saturated rings. The molecule has 4 rings (SSSR count). The first kappa shape index (κ1) is 24.2. The number of alkyl halides is 3. The van der Waals surface area contributed by atoms with Crippen molar-refractivity contribution in [2.75, 3.05) is 10.6 Å². The Morgan fingerprint density at radius 3 is 2.40 bits per heavy atom. The van der Waals surface area contributed by atoms with Gasteiger partial charge < -0.3 is 10.6 Å². The van der Waals surface area contributed by atoms with Crippen molar-refractivity contribution in [2.24, 2.45) is 0 Å². The number of halogens is 4. The summed E-state index contributed by atoms with van der Waals surface area (Å²) in [6, 6.07) is 17.8. The molecule has 1 aromatic heterocycles. The molecule has 0 unspecified atom stereocenters. The second-order valence-electron chi connectivity index (χ2n) is 7.93. The summed E-state index contributed by atoms with van der Waals surface area (Å²) >= 11 is 5.65. The number of hydrogen-bond acceptors (Lipinski definition) is 4. The van der Waals surface area contributed by atoms with Crippen LogP contribution in [0.1, 0.15) is 27.0 Å². The molecule has 0 saturated heterocycles. The number of aryl methyl sites for hydroxylation is 2. The molecule has 0 aliphatic rings. The Labute approximate surface area is 205 Å². The highest BCUT2D eigenvalue weighted by Crippen LogP contribution is 2.36. The van der Waals surface area contributed by atoms with Gasteiger partial charge in [-0.15, -0.1) is 0 Å². The number of nitrogens with zero attached hydrogens (tertiary/aromatic N) is 2. The molecule has 0 bridgehead atoms. The molecule has 0 aliphatic heterocycles. The van der Waals surface area contributed by atoms with Gasteiger partial charge in [-0.2, -0.15) is 13.2 Å². The SMILES string of the molecule is Cc1ccc(-c2ccnc(Nc3cc(C(=O)Nc4ccc(Cl)c(C(F)(F)F)c4)ccc3C)n2)cc1. The first-order valence-corrected chi connectivity index (χ1v) is 10.9. The van der Waals surface area contributed by atoms with Crippen LogP contribution in [-0.2, 0) is 6.18 Å². The number of hydrogen-bond donors (Lipinski definition) is 2. The van der Waals surface area contributed by atoms with Gasteiger partial charge in [0, 0.05) is 28.7 Å². The van der Waals surface area contributed by atoms with Gasteiger partial charge in [-0.25, -0.2) is 9.97 Å². The lowest BCUT2D eigenvalue weighted by Crippen LogP contribution is -2.14. The van der Waals surface area contributed by atoms with Gasteiger partial charge >= 0.3 is 6.18 Å². The largest absolute Gasteiger partial charge is 0.417 e. The van der Waals surface area contributed by atoms with E-state index in [2.05, 4.69) is 20.6 Å². The average molecular weight is 497 g/mol. The highest BCUT2D eigenvalue weighted by atomic mass is 35.5. The van der Waals surface area contributed by atoms with Gasteiger partial charge in [0.2, 0.25) is 5.95 Å². The normalized spacial score (nSPS) is 11.3. The predicted molar refractivity (Wildman–Crippen MR) is 131 cm³/mol. The smallest absolute Gasteiger partial charge is 0.324 e. The highest BCUT2D eigenvalue weighted by molar-refractivity contribution is 6.31. The summed E-state index contributed by atoms with van der Waals surface area (Å²) in [5.74, 6) is -0.228. The van der Waals surface area contributed by atoms with Crippen molar-refractivity contribution in [1.29, 1.82) is 0 Å². The zero-order valence-electron chi connectivity index (χ0n) is 18.7. The van der Waals surface area contributed by atoms with E-state index in [-0.39, 0.29) is 11.3 Å². The van der Waals surface area contributed by atoms with Gasteiger partial charge in [-0.1, -0.05) is 47.5 Å². The van der Waals surface area contributed by atoms with Gasteiger partial charge in [0.05, 0.1) is 16.3 Å². The molecule has 0 radical (unpaired) electrons. The zero-order chi connectivity index (χ0) is 25.2. The molecule has 0 atom stereocenters. The summed E-state index contributed by atoms with van der Waals surface area (Å²) < 4.78 is 39.4. The highest BCUT2D eigenvalue weighted by Gasteiger charge is 2.33. The van der Waals surface area contributed by atoms with Crippen LogP contribution in [-0.4, -0.2) is 15.9 Å². The Balaban J connectivity index is 1.55. The Morgan fingerprint density at radius 1 is 0.943 bits per heavy atom. The number of carbonyl (C=O) groups excluding carboxylic acids is 1. The lowest BCUT2D eigenvalue weighted by Gasteiger charge is -2.13. The average Bonchev–Trinajstić information content (AvgIpc) is 2.81. The molecule has 9 heteroatoms. The predicted octanol–water partition coefficient (Wildman–Crippen LogP) is 7.43. The number of aromatic nitrogens is 2. The summed E-state index contributed by atoms with van der Waals surface area (Å²) in [5, 5.41) is 5.17.